The molecule has 2 aromatic carbocycles. The number of hydrogen-bond acceptors (Lipinski definition) is 3. The van der Waals surface area contributed by atoms with Gasteiger partial charge in [-0.3, -0.25) is 9.69 Å². The van der Waals surface area contributed by atoms with Crippen molar-refractivity contribution < 1.29 is 9.53 Å². The van der Waals surface area contributed by atoms with Gasteiger partial charge in [0.2, 0.25) is 0 Å². The fourth-order valence-corrected chi connectivity index (χ4v) is 3.72. The fraction of sp³-hybridized carbons (Fsp3) is 0.261. The molecular formula is C23H25N3O2. The Morgan fingerprint density at radius 2 is 1.96 bits per heavy atom. The highest BCUT2D eigenvalue weighted by molar-refractivity contribution is 5.94. The second-order valence-electron chi connectivity index (χ2n) is 7.14. The van der Waals surface area contributed by atoms with Gasteiger partial charge >= 0.3 is 0 Å². The van der Waals surface area contributed by atoms with E-state index in [1.165, 1.54) is 11.3 Å². The molecule has 1 amide bonds. The van der Waals surface area contributed by atoms with E-state index in [1.807, 2.05) is 24.3 Å². The maximum absolute atomic E-state index is 12.6. The maximum atomic E-state index is 12.6. The van der Waals surface area contributed by atoms with Crippen LogP contribution in [-0.4, -0.2) is 35.1 Å². The number of amides is 1. The average molecular weight is 375 g/mol. The molecule has 0 radical (unpaired) electrons. The van der Waals surface area contributed by atoms with Crippen molar-refractivity contribution in [2.24, 2.45) is 0 Å². The van der Waals surface area contributed by atoms with Crippen molar-refractivity contribution in [3.63, 3.8) is 0 Å². The van der Waals surface area contributed by atoms with Gasteiger partial charge in [0.15, 0.2) is 0 Å². The molecule has 0 bridgehead atoms. The largest absolute Gasteiger partial charge is 0.497 e. The minimum Gasteiger partial charge on any atom is -0.497 e. The summed E-state index contributed by atoms with van der Waals surface area (Å²) in [5, 5.41) is 3.11. The first kappa shape index (κ1) is 18.3. The molecule has 1 atom stereocenters. The van der Waals surface area contributed by atoms with Gasteiger partial charge in [0.25, 0.3) is 5.91 Å². The summed E-state index contributed by atoms with van der Waals surface area (Å²) in [6.45, 7) is 3.21. The lowest BCUT2D eigenvalue weighted by Gasteiger charge is -2.37. The third-order valence-corrected chi connectivity index (χ3v) is 5.27. The van der Waals surface area contributed by atoms with E-state index in [-0.39, 0.29) is 11.9 Å². The molecule has 0 aliphatic carbocycles. The van der Waals surface area contributed by atoms with Crippen molar-refractivity contribution in [1.29, 1.82) is 0 Å². The first-order valence-corrected chi connectivity index (χ1v) is 9.57. The molecule has 1 aromatic heterocycles. The SMILES string of the molecule is COc1cccc(C(=O)NC[C@H]2Cn3cccc3CN2Cc2ccccc2)c1. The summed E-state index contributed by atoms with van der Waals surface area (Å²) in [5.41, 5.74) is 3.21. The number of methoxy groups -OCH3 is 1. The number of fused-ring (bicyclic) bond motifs is 1. The summed E-state index contributed by atoms with van der Waals surface area (Å²) in [7, 11) is 1.61. The molecule has 0 spiro atoms. The zero-order chi connectivity index (χ0) is 19.3. The van der Waals surface area contributed by atoms with Crippen LogP contribution >= 0.6 is 0 Å². The summed E-state index contributed by atoms with van der Waals surface area (Å²) < 4.78 is 7.50. The third kappa shape index (κ3) is 4.10. The number of ether oxygens (including phenoxy) is 1. The minimum atomic E-state index is -0.0723. The average Bonchev–Trinajstić information content (AvgIpc) is 3.20. The molecule has 1 N–H and O–H groups in total. The number of carbonyl (C=O) groups is 1. The number of hydrogen-bond donors (Lipinski definition) is 1. The summed E-state index contributed by atoms with van der Waals surface area (Å²) in [6, 6.07) is 22.2. The third-order valence-electron chi connectivity index (χ3n) is 5.27. The zero-order valence-corrected chi connectivity index (χ0v) is 16.0. The Kier molecular flexibility index (Phi) is 5.44. The number of benzene rings is 2. The number of carbonyl (C=O) groups excluding carboxylic acids is 1. The molecule has 0 fully saturated rings. The van der Waals surface area contributed by atoms with Crippen molar-refractivity contribution >= 4 is 5.91 Å². The number of aromatic nitrogens is 1. The second-order valence-corrected chi connectivity index (χ2v) is 7.14. The Labute approximate surface area is 165 Å². The summed E-state index contributed by atoms with van der Waals surface area (Å²) in [6.07, 6.45) is 2.12. The summed E-state index contributed by atoms with van der Waals surface area (Å²) in [4.78, 5) is 15.1. The van der Waals surface area contributed by atoms with Crippen molar-refractivity contribution in [3.05, 3.63) is 89.7 Å². The first-order chi connectivity index (χ1) is 13.7. The van der Waals surface area contributed by atoms with E-state index in [2.05, 4.69) is 57.4 Å². The zero-order valence-electron chi connectivity index (χ0n) is 16.0. The highest BCUT2D eigenvalue weighted by Gasteiger charge is 2.26. The van der Waals surface area contributed by atoms with E-state index in [0.717, 1.165) is 19.6 Å². The van der Waals surface area contributed by atoms with Crippen molar-refractivity contribution in [2.45, 2.75) is 25.7 Å². The molecule has 2 heterocycles. The Morgan fingerprint density at radius 3 is 2.79 bits per heavy atom. The van der Waals surface area contributed by atoms with Crippen LogP contribution in [0, 0.1) is 0 Å². The number of nitrogens with one attached hydrogen (secondary N) is 1. The molecule has 0 saturated carbocycles. The highest BCUT2D eigenvalue weighted by atomic mass is 16.5. The smallest absolute Gasteiger partial charge is 0.251 e. The van der Waals surface area contributed by atoms with Crippen LogP contribution in [0.2, 0.25) is 0 Å². The van der Waals surface area contributed by atoms with Crippen LogP contribution in [0.1, 0.15) is 21.6 Å². The quantitative estimate of drug-likeness (QED) is 0.719. The Bertz CT molecular complexity index is 936. The van der Waals surface area contributed by atoms with Crippen molar-refractivity contribution in [3.8, 4) is 5.75 Å². The van der Waals surface area contributed by atoms with E-state index >= 15 is 0 Å². The van der Waals surface area contributed by atoms with Gasteiger partial charge in [-0.2, -0.15) is 0 Å². The van der Waals surface area contributed by atoms with Crippen LogP contribution in [0.15, 0.2) is 72.9 Å². The maximum Gasteiger partial charge on any atom is 0.251 e. The van der Waals surface area contributed by atoms with Crippen LogP contribution in [-0.2, 0) is 19.6 Å². The molecular weight excluding hydrogens is 350 g/mol. The Hall–Kier alpha value is -3.05. The van der Waals surface area contributed by atoms with Crippen molar-refractivity contribution in [1.82, 2.24) is 14.8 Å². The van der Waals surface area contributed by atoms with E-state index < -0.39 is 0 Å². The molecule has 144 valence electrons. The summed E-state index contributed by atoms with van der Waals surface area (Å²) >= 11 is 0. The van der Waals surface area contributed by atoms with Crippen LogP contribution in [0.5, 0.6) is 5.75 Å². The lowest BCUT2D eigenvalue weighted by atomic mass is 10.1. The van der Waals surface area contributed by atoms with E-state index in [1.54, 1.807) is 13.2 Å². The Morgan fingerprint density at radius 1 is 1.11 bits per heavy atom. The highest BCUT2D eigenvalue weighted by Crippen LogP contribution is 2.21. The van der Waals surface area contributed by atoms with Crippen LogP contribution in [0.25, 0.3) is 0 Å². The molecule has 0 saturated heterocycles. The molecule has 4 rings (SSSR count). The minimum absolute atomic E-state index is 0.0723. The van der Waals surface area contributed by atoms with Crippen LogP contribution < -0.4 is 10.1 Å². The van der Waals surface area contributed by atoms with Gasteiger partial charge in [-0.05, 0) is 35.9 Å². The standard InChI is InChI=1S/C23H25N3O2/c1-28-22-11-5-9-19(13-22)23(27)24-14-21-17-25-12-6-10-20(25)16-26(21)15-18-7-3-2-4-8-18/h2-13,21H,14-17H2,1H3,(H,24,27)/t21-/m0/s1. The molecule has 0 unspecified atom stereocenters. The molecule has 3 aromatic rings. The molecule has 28 heavy (non-hydrogen) atoms. The van der Waals surface area contributed by atoms with Gasteiger partial charge in [0.05, 0.1) is 7.11 Å². The Balaban J connectivity index is 1.46. The first-order valence-electron chi connectivity index (χ1n) is 9.57. The van der Waals surface area contributed by atoms with Crippen LogP contribution in [0.4, 0.5) is 0 Å². The lowest BCUT2D eigenvalue weighted by molar-refractivity contribution is 0.0898. The van der Waals surface area contributed by atoms with E-state index in [4.69, 9.17) is 4.74 Å². The van der Waals surface area contributed by atoms with Gasteiger partial charge < -0.3 is 14.6 Å². The van der Waals surface area contributed by atoms with Gasteiger partial charge in [-0.25, -0.2) is 0 Å². The normalized spacial score (nSPS) is 16.4. The molecule has 1 aliphatic heterocycles. The van der Waals surface area contributed by atoms with E-state index in [9.17, 15) is 4.79 Å². The van der Waals surface area contributed by atoms with Crippen LogP contribution in [0.3, 0.4) is 0 Å². The van der Waals surface area contributed by atoms with Crippen molar-refractivity contribution in [2.75, 3.05) is 13.7 Å². The number of rotatable bonds is 6. The van der Waals surface area contributed by atoms with Gasteiger partial charge in [-0.15, -0.1) is 0 Å². The molecule has 5 heteroatoms. The lowest BCUT2D eigenvalue weighted by Crippen LogP contribution is -2.48. The summed E-state index contributed by atoms with van der Waals surface area (Å²) in [5.74, 6) is 0.616. The topological polar surface area (TPSA) is 46.5 Å². The predicted octanol–water partition coefficient (Wildman–Crippen LogP) is 3.31. The fourth-order valence-electron chi connectivity index (χ4n) is 3.72. The monoisotopic (exact) mass is 375 g/mol. The molecule has 1 aliphatic rings. The number of nitrogens with zero attached hydrogens (tertiary/aromatic N) is 2. The van der Waals surface area contributed by atoms with Gasteiger partial charge in [0.1, 0.15) is 5.75 Å². The van der Waals surface area contributed by atoms with Gasteiger partial charge in [0, 0.05) is 49.7 Å². The molecule has 5 nitrogen and oxygen atoms in total. The predicted molar refractivity (Wildman–Crippen MR) is 109 cm³/mol. The van der Waals surface area contributed by atoms with Gasteiger partial charge in [-0.1, -0.05) is 36.4 Å². The second kappa shape index (κ2) is 8.31. The van der Waals surface area contributed by atoms with E-state index in [0.29, 0.717) is 17.9 Å².